The monoisotopic (exact) mass is 356 g/mol. The van der Waals surface area contributed by atoms with Crippen LogP contribution in [0.1, 0.15) is 6.23 Å². The maximum atomic E-state index is 12.1. The fourth-order valence-electron chi connectivity index (χ4n) is 3.00. The highest BCUT2D eigenvalue weighted by Crippen LogP contribution is 2.29. The molecule has 1 aliphatic rings. The second-order valence-corrected chi connectivity index (χ2v) is 5.82. The summed E-state index contributed by atoms with van der Waals surface area (Å²) in [6.07, 6.45) is -1.82. The molecule has 0 saturated carbocycles. The third kappa shape index (κ3) is 3.12. The molecule has 25 heavy (non-hydrogen) atoms. The van der Waals surface area contributed by atoms with Crippen LogP contribution in [0, 0.1) is 0 Å². The zero-order valence-electron chi connectivity index (χ0n) is 14.0. The Morgan fingerprint density at radius 1 is 1.52 bits per heavy atom. The molecule has 1 aliphatic heterocycles. The van der Waals surface area contributed by atoms with E-state index in [-0.39, 0.29) is 19.2 Å². The number of aliphatic hydroxyl groups is 2. The number of aromatic nitrogens is 4. The number of nitrogens with two attached hydrogens (primary N) is 1. The van der Waals surface area contributed by atoms with Crippen LogP contribution in [0.25, 0.3) is 11.2 Å². The van der Waals surface area contributed by atoms with Crippen molar-refractivity contribution < 1.29 is 29.0 Å². The van der Waals surface area contributed by atoms with Gasteiger partial charge in [-0.25, -0.2) is 4.57 Å². The third-order valence-corrected chi connectivity index (χ3v) is 4.15. The molecule has 5 N–H and O–H groups in total. The van der Waals surface area contributed by atoms with E-state index in [0.29, 0.717) is 17.8 Å². The highest BCUT2D eigenvalue weighted by Gasteiger charge is 2.48. The first-order chi connectivity index (χ1) is 12.0. The van der Waals surface area contributed by atoms with Gasteiger partial charge in [0.15, 0.2) is 6.33 Å². The number of nitrogen functional groups attached to an aromatic ring is 1. The molecule has 0 bridgehead atoms. The smallest absolute Gasteiger partial charge is 0.313 e. The number of anilines is 1. The molecule has 1 fully saturated rings. The maximum absolute atomic E-state index is 12.1. The number of nitrogens with one attached hydrogen (secondary N) is 1. The second-order valence-electron chi connectivity index (χ2n) is 5.82. The SMILES string of the molecule is COCCOC1[C@@H](O)[C@@H](CO)O[C@H]1[n+]1cn(C)c2c(=O)[nH]c(N)nc21. The number of H-pyrrole nitrogens is 1. The molecule has 1 unspecified atom stereocenters. The maximum Gasteiger partial charge on any atom is 0.313 e. The van der Waals surface area contributed by atoms with Crippen molar-refractivity contribution in [2.75, 3.05) is 32.7 Å². The van der Waals surface area contributed by atoms with Gasteiger partial charge in [0.2, 0.25) is 11.7 Å². The molecule has 11 heteroatoms. The van der Waals surface area contributed by atoms with Crippen molar-refractivity contribution in [2.24, 2.45) is 7.05 Å². The normalized spacial score (nSPS) is 26.6. The van der Waals surface area contributed by atoms with Gasteiger partial charge in [-0.15, -0.1) is 0 Å². The summed E-state index contributed by atoms with van der Waals surface area (Å²) < 4.78 is 19.5. The first kappa shape index (κ1) is 17.8. The lowest BCUT2D eigenvalue weighted by molar-refractivity contribution is -0.746. The van der Waals surface area contributed by atoms with E-state index in [1.54, 1.807) is 22.5 Å². The molecule has 0 aromatic carbocycles. The number of imidazole rings is 1. The van der Waals surface area contributed by atoms with Crippen LogP contribution in [0.3, 0.4) is 0 Å². The van der Waals surface area contributed by atoms with Crippen molar-refractivity contribution >= 4 is 17.1 Å². The van der Waals surface area contributed by atoms with Crippen LogP contribution in [-0.2, 0) is 21.3 Å². The number of aryl methyl sites for hydroxylation is 1. The highest BCUT2D eigenvalue weighted by atomic mass is 16.6. The van der Waals surface area contributed by atoms with E-state index in [9.17, 15) is 15.0 Å². The van der Waals surface area contributed by atoms with Gasteiger partial charge >= 0.3 is 5.65 Å². The van der Waals surface area contributed by atoms with Gasteiger partial charge in [-0.2, -0.15) is 0 Å². The lowest BCUT2D eigenvalue weighted by atomic mass is 10.1. The van der Waals surface area contributed by atoms with E-state index in [0.717, 1.165) is 0 Å². The first-order valence-electron chi connectivity index (χ1n) is 7.78. The van der Waals surface area contributed by atoms with Gasteiger partial charge in [0.25, 0.3) is 11.5 Å². The van der Waals surface area contributed by atoms with Gasteiger partial charge in [-0.3, -0.25) is 14.3 Å². The zero-order chi connectivity index (χ0) is 18.1. The number of hydrogen-bond acceptors (Lipinski definition) is 8. The zero-order valence-corrected chi connectivity index (χ0v) is 14.0. The topological polar surface area (TPSA) is 149 Å². The molecule has 11 nitrogen and oxygen atoms in total. The largest absolute Gasteiger partial charge is 0.394 e. The van der Waals surface area contributed by atoms with Crippen LogP contribution in [-0.4, -0.2) is 70.0 Å². The van der Waals surface area contributed by atoms with Gasteiger partial charge in [-0.05, 0) is 0 Å². The summed E-state index contributed by atoms with van der Waals surface area (Å²) in [6, 6.07) is 0. The number of rotatable bonds is 6. The van der Waals surface area contributed by atoms with E-state index in [1.165, 1.54) is 7.11 Å². The third-order valence-electron chi connectivity index (χ3n) is 4.15. The predicted octanol–water partition coefficient (Wildman–Crippen LogP) is -2.59. The minimum Gasteiger partial charge on any atom is -0.394 e. The Labute approximate surface area is 142 Å². The summed E-state index contributed by atoms with van der Waals surface area (Å²) in [5.41, 5.74) is 5.85. The lowest BCUT2D eigenvalue weighted by Gasteiger charge is -2.19. The lowest BCUT2D eigenvalue weighted by Crippen LogP contribution is -2.47. The number of methoxy groups -OCH3 is 1. The van der Waals surface area contributed by atoms with Crippen molar-refractivity contribution in [1.82, 2.24) is 14.5 Å². The molecular weight excluding hydrogens is 334 g/mol. The van der Waals surface area contributed by atoms with Gasteiger partial charge in [0.05, 0.1) is 26.9 Å². The van der Waals surface area contributed by atoms with Crippen LogP contribution in [0.4, 0.5) is 5.95 Å². The van der Waals surface area contributed by atoms with E-state index in [1.807, 2.05) is 0 Å². The average Bonchev–Trinajstić information content (AvgIpc) is 3.05. The molecular formula is C14H22N5O6+. The van der Waals surface area contributed by atoms with Gasteiger partial charge < -0.3 is 30.2 Å². The van der Waals surface area contributed by atoms with E-state index >= 15 is 0 Å². The van der Waals surface area contributed by atoms with Crippen molar-refractivity contribution in [2.45, 2.75) is 24.5 Å². The summed E-state index contributed by atoms with van der Waals surface area (Å²) in [5.74, 6) is -0.0356. The van der Waals surface area contributed by atoms with Gasteiger partial charge in [0.1, 0.15) is 18.3 Å². The van der Waals surface area contributed by atoms with Gasteiger partial charge in [-0.1, -0.05) is 4.98 Å². The Morgan fingerprint density at radius 3 is 2.96 bits per heavy atom. The highest BCUT2D eigenvalue weighted by molar-refractivity contribution is 5.67. The molecule has 0 amide bonds. The van der Waals surface area contributed by atoms with Crippen LogP contribution in [0.15, 0.2) is 11.1 Å². The molecule has 3 rings (SSSR count). The molecule has 0 spiro atoms. The Morgan fingerprint density at radius 2 is 2.28 bits per heavy atom. The van der Waals surface area contributed by atoms with Crippen LogP contribution >= 0.6 is 0 Å². The first-order valence-corrected chi connectivity index (χ1v) is 7.78. The number of ether oxygens (including phenoxy) is 3. The number of nitrogens with zero attached hydrogens (tertiary/aromatic N) is 3. The summed E-state index contributed by atoms with van der Waals surface area (Å²) >= 11 is 0. The quantitative estimate of drug-likeness (QED) is 0.326. The van der Waals surface area contributed by atoms with E-state index in [4.69, 9.17) is 19.9 Å². The molecule has 2 aromatic heterocycles. The predicted molar refractivity (Wildman–Crippen MR) is 84.6 cm³/mol. The standard InChI is InChI=1S/C14H21N5O6/c1-18-6-19(11-8(18)12(22)17-14(15)16-11)13-10(24-4-3-23-2)9(21)7(5-20)25-13/h6-7,9-10,13,20-21H,3-5H2,1-2H3,(H2-,15,16,17,22)/p+1/t7-,9+,10?,13-/m1/s1. The minimum atomic E-state index is -1.05. The number of hydrogen-bond donors (Lipinski definition) is 4. The van der Waals surface area contributed by atoms with Crippen molar-refractivity contribution in [3.63, 3.8) is 0 Å². The van der Waals surface area contributed by atoms with Crippen LogP contribution in [0.2, 0.25) is 0 Å². The Balaban J connectivity index is 2.03. The molecule has 2 aromatic rings. The Bertz CT molecular complexity index is 805. The van der Waals surface area contributed by atoms with Gasteiger partial charge in [0, 0.05) is 7.11 Å². The van der Waals surface area contributed by atoms with E-state index < -0.39 is 30.1 Å². The minimum absolute atomic E-state index is 0.0356. The summed E-state index contributed by atoms with van der Waals surface area (Å²) in [6.45, 7) is 0.200. The molecule has 4 atom stereocenters. The second kappa shape index (κ2) is 7.06. The van der Waals surface area contributed by atoms with Crippen molar-refractivity contribution in [3.05, 3.63) is 16.7 Å². The summed E-state index contributed by atoms with van der Waals surface area (Å²) in [7, 11) is 3.22. The van der Waals surface area contributed by atoms with Crippen molar-refractivity contribution in [3.8, 4) is 0 Å². The number of fused-ring (bicyclic) bond motifs is 1. The molecule has 138 valence electrons. The van der Waals surface area contributed by atoms with E-state index in [2.05, 4.69) is 9.97 Å². The Hall–Kier alpha value is -2.05. The summed E-state index contributed by atoms with van der Waals surface area (Å²) in [5, 5.41) is 19.8. The number of aromatic amines is 1. The van der Waals surface area contributed by atoms with Crippen LogP contribution < -0.4 is 15.9 Å². The fourth-order valence-corrected chi connectivity index (χ4v) is 3.00. The Kier molecular flexibility index (Phi) is 5.01. The molecule has 1 saturated heterocycles. The molecule has 0 aliphatic carbocycles. The fraction of sp³-hybridized carbons (Fsp3) is 0.643. The molecule has 3 heterocycles. The van der Waals surface area contributed by atoms with Crippen LogP contribution in [0.5, 0.6) is 0 Å². The number of aliphatic hydroxyl groups excluding tert-OH is 2. The average molecular weight is 356 g/mol. The summed E-state index contributed by atoms with van der Waals surface area (Å²) in [4.78, 5) is 18.7. The molecule has 0 radical (unpaired) electrons. The van der Waals surface area contributed by atoms with Crippen molar-refractivity contribution in [1.29, 1.82) is 0 Å².